The number of nitrogens with zero attached hydrogens (tertiary/aromatic N) is 5. The number of hydrogen-bond donors (Lipinski definition) is 1. The number of hydrogen-bond acceptors (Lipinski definition) is 5. The average Bonchev–Trinajstić information content (AvgIpc) is 2.96. The van der Waals surface area contributed by atoms with Crippen LogP contribution in [0, 0.1) is 0 Å². The van der Waals surface area contributed by atoms with Crippen molar-refractivity contribution in [3.63, 3.8) is 0 Å². The summed E-state index contributed by atoms with van der Waals surface area (Å²) in [6.07, 6.45) is 3.47. The lowest BCUT2D eigenvalue weighted by molar-refractivity contribution is -0.120. The molecule has 1 aromatic heterocycles. The van der Waals surface area contributed by atoms with Crippen LogP contribution in [0.4, 0.5) is 5.69 Å². The standard InChI is InChI=1S/C16H28N6O3S/c1-16(2,3)26(24,25)9-6-18-15(17-4)21-7-8-22(14(23)12-21)13-10-19-20(5)11-13/h10-11H,6-9,12H2,1-5H3,(H,17,18). The maximum atomic E-state index is 12.5. The van der Waals surface area contributed by atoms with E-state index in [2.05, 4.69) is 15.4 Å². The molecule has 0 aromatic carbocycles. The Hall–Kier alpha value is -2.10. The molecule has 1 saturated heterocycles. The molecular weight excluding hydrogens is 356 g/mol. The number of nitrogens with one attached hydrogen (secondary N) is 1. The molecule has 10 heteroatoms. The lowest BCUT2D eigenvalue weighted by atomic mass is 10.3. The highest BCUT2D eigenvalue weighted by Gasteiger charge is 2.30. The van der Waals surface area contributed by atoms with Crippen molar-refractivity contribution in [2.45, 2.75) is 25.5 Å². The molecule has 0 saturated carbocycles. The fraction of sp³-hybridized carbons (Fsp3) is 0.688. The van der Waals surface area contributed by atoms with Crippen LogP contribution in [-0.4, -0.2) is 78.7 Å². The molecule has 1 aliphatic heterocycles. The minimum absolute atomic E-state index is 0.0130. The Bertz CT molecular complexity index is 778. The Kier molecular flexibility index (Phi) is 5.94. The smallest absolute Gasteiger partial charge is 0.246 e. The lowest BCUT2D eigenvalue weighted by Gasteiger charge is -2.35. The van der Waals surface area contributed by atoms with E-state index in [1.807, 2.05) is 11.9 Å². The fourth-order valence-electron chi connectivity index (χ4n) is 2.61. The van der Waals surface area contributed by atoms with Gasteiger partial charge in [0, 0.05) is 39.9 Å². The van der Waals surface area contributed by atoms with Crippen molar-refractivity contribution < 1.29 is 13.2 Å². The van der Waals surface area contributed by atoms with Crippen molar-refractivity contribution in [2.24, 2.45) is 12.0 Å². The van der Waals surface area contributed by atoms with Gasteiger partial charge in [0.1, 0.15) is 6.54 Å². The predicted molar refractivity (Wildman–Crippen MR) is 102 cm³/mol. The minimum Gasteiger partial charge on any atom is -0.355 e. The first-order chi connectivity index (χ1) is 12.0. The number of amides is 1. The van der Waals surface area contributed by atoms with Gasteiger partial charge in [-0.15, -0.1) is 0 Å². The van der Waals surface area contributed by atoms with Gasteiger partial charge in [-0.05, 0) is 20.8 Å². The summed E-state index contributed by atoms with van der Waals surface area (Å²) in [5.41, 5.74) is 0.774. The zero-order valence-electron chi connectivity index (χ0n) is 16.1. The molecule has 1 aromatic rings. The van der Waals surface area contributed by atoms with Crippen molar-refractivity contribution in [1.82, 2.24) is 20.0 Å². The van der Waals surface area contributed by atoms with E-state index in [9.17, 15) is 13.2 Å². The van der Waals surface area contributed by atoms with E-state index >= 15 is 0 Å². The van der Waals surface area contributed by atoms with E-state index in [0.29, 0.717) is 19.0 Å². The molecule has 9 nitrogen and oxygen atoms in total. The van der Waals surface area contributed by atoms with Crippen molar-refractivity contribution >= 4 is 27.4 Å². The molecule has 0 unspecified atom stereocenters. The van der Waals surface area contributed by atoms with Crippen LogP contribution in [0.5, 0.6) is 0 Å². The van der Waals surface area contributed by atoms with Crippen LogP contribution < -0.4 is 10.2 Å². The highest BCUT2D eigenvalue weighted by molar-refractivity contribution is 7.92. The Labute approximate surface area is 155 Å². The van der Waals surface area contributed by atoms with Crippen LogP contribution in [0.15, 0.2) is 17.4 Å². The molecule has 1 fully saturated rings. The van der Waals surface area contributed by atoms with Gasteiger partial charge in [0.15, 0.2) is 15.8 Å². The summed E-state index contributed by atoms with van der Waals surface area (Å²) < 4.78 is 25.2. The van der Waals surface area contributed by atoms with E-state index in [0.717, 1.165) is 5.69 Å². The summed E-state index contributed by atoms with van der Waals surface area (Å²) in [6, 6.07) is 0. The molecule has 2 rings (SSSR count). The van der Waals surface area contributed by atoms with Gasteiger partial charge in [0.05, 0.1) is 22.4 Å². The molecule has 0 radical (unpaired) electrons. The number of carbonyl (C=O) groups is 1. The number of piperazine rings is 1. The van der Waals surface area contributed by atoms with E-state index in [4.69, 9.17) is 0 Å². The second kappa shape index (κ2) is 7.65. The predicted octanol–water partition coefficient (Wildman–Crippen LogP) is -0.143. The monoisotopic (exact) mass is 384 g/mol. The number of sulfone groups is 1. The topological polar surface area (TPSA) is 99.9 Å². The molecule has 0 spiro atoms. The number of anilines is 1. The largest absolute Gasteiger partial charge is 0.355 e. The summed E-state index contributed by atoms with van der Waals surface area (Å²) in [5.74, 6) is 0.502. The molecule has 26 heavy (non-hydrogen) atoms. The van der Waals surface area contributed by atoms with Crippen molar-refractivity contribution in [3.05, 3.63) is 12.4 Å². The maximum Gasteiger partial charge on any atom is 0.246 e. The molecule has 1 N–H and O–H groups in total. The molecule has 0 aliphatic carbocycles. The summed E-state index contributed by atoms with van der Waals surface area (Å²) in [6.45, 7) is 6.62. The third-order valence-corrected chi connectivity index (χ3v) is 6.93. The zero-order chi connectivity index (χ0) is 19.5. The Morgan fingerprint density at radius 1 is 1.35 bits per heavy atom. The summed E-state index contributed by atoms with van der Waals surface area (Å²) >= 11 is 0. The van der Waals surface area contributed by atoms with Crippen LogP contribution in [0.1, 0.15) is 20.8 Å². The van der Waals surface area contributed by atoms with Crippen LogP contribution in [0.3, 0.4) is 0 Å². The minimum atomic E-state index is -3.21. The lowest BCUT2D eigenvalue weighted by Crippen LogP contribution is -2.55. The average molecular weight is 385 g/mol. The SMILES string of the molecule is CN=C(NCCS(=O)(=O)C(C)(C)C)N1CCN(c2cnn(C)c2)C(=O)C1. The quantitative estimate of drug-likeness (QED) is 0.573. The molecule has 0 atom stereocenters. The first-order valence-electron chi connectivity index (χ1n) is 8.52. The first-order valence-corrected chi connectivity index (χ1v) is 10.2. The maximum absolute atomic E-state index is 12.5. The number of guanidine groups is 1. The first kappa shape index (κ1) is 20.2. The fourth-order valence-corrected chi connectivity index (χ4v) is 3.59. The number of carbonyl (C=O) groups excluding carboxylic acids is 1. The van der Waals surface area contributed by atoms with Crippen LogP contribution in [0.2, 0.25) is 0 Å². The summed E-state index contributed by atoms with van der Waals surface area (Å²) in [4.78, 5) is 20.2. The second-order valence-corrected chi connectivity index (χ2v) is 10.1. The van der Waals surface area contributed by atoms with E-state index in [-0.39, 0.29) is 24.7 Å². The highest BCUT2D eigenvalue weighted by Crippen LogP contribution is 2.17. The van der Waals surface area contributed by atoms with Gasteiger partial charge in [-0.2, -0.15) is 5.10 Å². The zero-order valence-corrected chi connectivity index (χ0v) is 16.9. The molecule has 0 bridgehead atoms. The Morgan fingerprint density at radius 3 is 2.54 bits per heavy atom. The van der Waals surface area contributed by atoms with Crippen molar-refractivity contribution in [3.8, 4) is 0 Å². The van der Waals surface area contributed by atoms with Gasteiger partial charge >= 0.3 is 0 Å². The number of aliphatic imine (C=N–C) groups is 1. The van der Waals surface area contributed by atoms with E-state index < -0.39 is 14.6 Å². The number of rotatable bonds is 4. The molecule has 2 heterocycles. The van der Waals surface area contributed by atoms with Crippen molar-refractivity contribution in [2.75, 3.05) is 43.9 Å². The normalized spacial score (nSPS) is 17.0. The third-order valence-electron chi connectivity index (χ3n) is 4.32. The van der Waals surface area contributed by atoms with E-state index in [1.165, 1.54) is 0 Å². The van der Waals surface area contributed by atoms with Crippen molar-refractivity contribution in [1.29, 1.82) is 0 Å². The molecular formula is C16H28N6O3S. The molecule has 1 aliphatic rings. The van der Waals surface area contributed by atoms with Crippen LogP contribution in [0.25, 0.3) is 0 Å². The number of aromatic nitrogens is 2. The van der Waals surface area contributed by atoms with Gasteiger partial charge in [-0.25, -0.2) is 8.42 Å². The van der Waals surface area contributed by atoms with Gasteiger partial charge in [-0.3, -0.25) is 14.5 Å². The molecule has 146 valence electrons. The van der Waals surface area contributed by atoms with Gasteiger partial charge in [0.2, 0.25) is 5.91 Å². The second-order valence-electron chi connectivity index (χ2n) is 7.24. The molecule has 1 amide bonds. The van der Waals surface area contributed by atoms with Gasteiger partial charge < -0.3 is 15.1 Å². The van der Waals surface area contributed by atoms with Gasteiger partial charge in [0.25, 0.3) is 0 Å². The van der Waals surface area contributed by atoms with Gasteiger partial charge in [-0.1, -0.05) is 0 Å². The summed E-state index contributed by atoms with van der Waals surface area (Å²) in [5, 5.41) is 7.15. The Balaban J connectivity index is 1.93. The third kappa shape index (κ3) is 4.54. The van der Waals surface area contributed by atoms with Crippen LogP contribution in [-0.2, 0) is 21.7 Å². The summed E-state index contributed by atoms with van der Waals surface area (Å²) in [7, 11) is 0.225. The number of aryl methyl sites for hydroxylation is 1. The van der Waals surface area contributed by atoms with Crippen LogP contribution >= 0.6 is 0 Å². The Morgan fingerprint density at radius 2 is 2.04 bits per heavy atom. The highest BCUT2D eigenvalue weighted by atomic mass is 32.2. The van der Waals surface area contributed by atoms with E-state index in [1.54, 1.807) is 49.8 Å².